The Morgan fingerprint density at radius 1 is 1.19 bits per heavy atom. The summed E-state index contributed by atoms with van der Waals surface area (Å²) >= 11 is 6.05. The van der Waals surface area contributed by atoms with E-state index in [1.165, 1.54) is 18.6 Å². The summed E-state index contributed by atoms with van der Waals surface area (Å²) in [5, 5.41) is 10.4. The summed E-state index contributed by atoms with van der Waals surface area (Å²) in [6.07, 6.45) is 4.40. The average Bonchev–Trinajstić information content (AvgIpc) is 2.49. The summed E-state index contributed by atoms with van der Waals surface area (Å²) in [5.74, 6) is -0.270. The first-order valence-corrected chi connectivity index (χ1v) is 6.39. The summed E-state index contributed by atoms with van der Waals surface area (Å²) in [5.41, 5.74) is 0.288. The van der Waals surface area contributed by atoms with Crippen LogP contribution in [0.1, 0.15) is 0 Å². The Kier molecular flexibility index (Phi) is 3.37. The quantitative estimate of drug-likeness (QED) is 0.757. The molecule has 3 rings (SSSR count). The van der Waals surface area contributed by atoms with Crippen LogP contribution in [0.4, 0.5) is 0 Å². The minimum Gasteiger partial charge on any atom is -0.493 e. The molecule has 0 amide bonds. The number of nitrogens with zero attached hydrogens (tertiary/aromatic N) is 3. The predicted molar refractivity (Wildman–Crippen MR) is 78.0 cm³/mol. The highest BCUT2D eigenvalue weighted by Crippen LogP contribution is 2.30. The van der Waals surface area contributed by atoms with E-state index >= 15 is 0 Å². The van der Waals surface area contributed by atoms with Gasteiger partial charge < -0.3 is 10.1 Å². The molecule has 1 aromatic carbocycles. The molecular weight excluding hydrogens is 292 g/mol. The number of hydrogen-bond donors (Lipinski definition) is 2. The number of halogens is 1. The Bertz CT molecular complexity index is 849. The lowest BCUT2D eigenvalue weighted by Crippen LogP contribution is -2.12. The summed E-state index contributed by atoms with van der Waals surface area (Å²) in [4.78, 5) is 26.7. The van der Waals surface area contributed by atoms with Crippen molar-refractivity contribution in [2.45, 2.75) is 0 Å². The second-order valence-corrected chi connectivity index (χ2v) is 4.59. The summed E-state index contributed by atoms with van der Waals surface area (Å²) < 4.78 is 0. The van der Waals surface area contributed by atoms with E-state index in [1.54, 1.807) is 24.3 Å². The van der Waals surface area contributed by atoms with Crippen LogP contribution in [0.2, 0.25) is 5.02 Å². The van der Waals surface area contributed by atoms with Crippen molar-refractivity contribution in [3.05, 3.63) is 58.2 Å². The number of nitrogens with one attached hydrogen (secondary N) is 1. The Hall–Kier alpha value is -2.73. The maximum absolute atomic E-state index is 12.2. The standard InChI is InChI=1S/C14H9ClN4O2/c15-9-4-2-1-3-8(9)11-13(20)18-12(19-14(11)21)10-7-16-5-6-17-10/h1-7H,(H2,18,19,20,21). The molecule has 6 nitrogen and oxygen atoms in total. The minimum absolute atomic E-state index is 0.0215. The van der Waals surface area contributed by atoms with E-state index < -0.39 is 11.4 Å². The maximum atomic E-state index is 12.2. The van der Waals surface area contributed by atoms with Gasteiger partial charge in [-0.15, -0.1) is 0 Å². The number of hydrogen-bond acceptors (Lipinski definition) is 5. The molecule has 0 bridgehead atoms. The molecule has 104 valence electrons. The molecule has 7 heteroatoms. The van der Waals surface area contributed by atoms with Crippen molar-refractivity contribution < 1.29 is 5.11 Å². The van der Waals surface area contributed by atoms with Crippen molar-refractivity contribution >= 4 is 11.6 Å². The average molecular weight is 301 g/mol. The van der Waals surface area contributed by atoms with Gasteiger partial charge in [-0.2, -0.15) is 4.98 Å². The molecule has 21 heavy (non-hydrogen) atoms. The van der Waals surface area contributed by atoms with E-state index in [9.17, 15) is 9.90 Å². The zero-order valence-electron chi connectivity index (χ0n) is 10.6. The fourth-order valence-electron chi connectivity index (χ4n) is 1.91. The molecule has 0 aliphatic carbocycles. The van der Waals surface area contributed by atoms with Crippen LogP contribution in [-0.2, 0) is 0 Å². The molecule has 2 heterocycles. The molecule has 0 saturated carbocycles. The fraction of sp³-hybridized carbons (Fsp3) is 0. The van der Waals surface area contributed by atoms with Crippen molar-refractivity contribution in [3.8, 4) is 28.5 Å². The minimum atomic E-state index is -0.503. The first kappa shape index (κ1) is 13.3. The van der Waals surface area contributed by atoms with Crippen LogP contribution in [0, 0.1) is 0 Å². The van der Waals surface area contributed by atoms with Crippen LogP contribution in [0.5, 0.6) is 5.88 Å². The smallest absolute Gasteiger partial charge is 0.263 e. The third kappa shape index (κ3) is 2.48. The van der Waals surface area contributed by atoms with Crippen LogP contribution in [0.25, 0.3) is 22.6 Å². The lowest BCUT2D eigenvalue weighted by molar-refractivity contribution is 0.454. The van der Waals surface area contributed by atoms with Gasteiger partial charge in [0.05, 0.1) is 6.20 Å². The van der Waals surface area contributed by atoms with Gasteiger partial charge in [0, 0.05) is 23.0 Å². The molecule has 0 fully saturated rings. The predicted octanol–water partition coefficient (Wildman–Crippen LogP) is 2.25. The second kappa shape index (κ2) is 5.34. The van der Waals surface area contributed by atoms with E-state index in [4.69, 9.17) is 11.6 Å². The molecule has 0 radical (unpaired) electrons. The molecule has 0 aliphatic heterocycles. The molecule has 2 aromatic heterocycles. The third-order valence-corrected chi connectivity index (χ3v) is 3.18. The lowest BCUT2D eigenvalue weighted by atomic mass is 10.1. The van der Waals surface area contributed by atoms with E-state index in [0.29, 0.717) is 16.3 Å². The van der Waals surface area contributed by atoms with Crippen LogP contribution < -0.4 is 5.56 Å². The van der Waals surface area contributed by atoms with E-state index in [-0.39, 0.29) is 11.4 Å². The topological polar surface area (TPSA) is 91.8 Å². The van der Waals surface area contributed by atoms with Crippen LogP contribution in [0.15, 0.2) is 47.7 Å². The normalized spacial score (nSPS) is 10.5. The zero-order chi connectivity index (χ0) is 14.8. The Labute approximate surface area is 124 Å². The van der Waals surface area contributed by atoms with Crippen molar-refractivity contribution in [2.24, 2.45) is 0 Å². The second-order valence-electron chi connectivity index (χ2n) is 4.18. The largest absolute Gasteiger partial charge is 0.493 e. The van der Waals surface area contributed by atoms with Gasteiger partial charge in [-0.05, 0) is 6.07 Å². The fourth-order valence-corrected chi connectivity index (χ4v) is 2.14. The van der Waals surface area contributed by atoms with Crippen LogP contribution >= 0.6 is 11.6 Å². The van der Waals surface area contributed by atoms with Gasteiger partial charge in [0.25, 0.3) is 5.56 Å². The molecule has 3 aromatic rings. The molecule has 2 N–H and O–H groups in total. The van der Waals surface area contributed by atoms with Crippen molar-refractivity contribution in [3.63, 3.8) is 0 Å². The number of aromatic nitrogens is 4. The highest BCUT2D eigenvalue weighted by Gasteiger charge is 2.16. The third-order valence-electron chi connectivity index (χ3n) is 2.85. The van der Waals surface area contributed by atoms with Gasteiger partial charge in [0.1, 0.15) is 11.3 Å². The lowest BCUT2D eigenvalue weighted by Gasteiger charge is -2.07. The summed E-state index contributed by atoms with van der Waals surface area (Å²) in [7, 11) is 0. The summed E-state index contributed by atoms with van der Waals surface area (Å²) in [6, 6.07) is 6.72. The van der Waals surface area contributed by atoms with Crippen molar-refractivity contribution in [1.29, 1.82) is 0 Å². The van der Waals surface area contributed by atoms with Crippen molar-refractivity contribution in [2.75, 3.05) is 0 Å². The highest BCUT2D eigenvalue weighted by atomic mass is 35.5. The van der Waals surface area contributed by atoms with Gasteiger partial charge in [-0.3, -0.25) is 9.78 Å². The molecule has 0 spiro atoms. The van der Waals surface area contributed by atoms with Gasteiger partial charge in [-0.25, -0.2) is 4.98 Å². The molecule has 0 aliphatic rings. The monoisotopic (exact) mass is 300 g/mol. The number of H-pyrrole nitrogens is 1. The number of aromatic hydroxyl groups is 1. The van der Waals surface area contributed by atoms with Crippen molar-refractivity contribution in [1.82, 2.24) is 19.9 Å². The van der Waals surface area contributed by atoms with Gasteiger partial charge in [0.2, 0.25) is 5.88 Å². The van der Waals surface area contributed by atoms with E-state index in [1.807, 2.05) is 0 Å². The van der Waals surface area contributed by atoms with Crippen LogP contribution in [0.3, 0.4) is 0 Å². The van der Waals surface area contributed by atoms with Gasteiger partial charge in [0.15, 0.2) is 5.82 Å². The summed E-state index contributed by atoms with van der Waals surface area (Å²) in [6.45, 7) is 0. The molecule has 0 unspecified atom stereocenters. The van der Waals surface area contributed by atoms with Crippen LogP contribution in [-0.4, -0.2) is 25.0 Å². The Morgan fingerprint density at radius 2 is 2.00 bits per heavy atom. The maximum Gasteiger partial charge on any atom is 0.263 e. The highest BCUT2D eigenvalue weighted by molar-refractivity contribution is 6.33. The van der Waals surface area contributed by atoms with Gasteiger partial charge in [-0.1, -0.05) is 29.8 Å². The Morgan fingerprint density at radius 3 is 2.67 bits per heavy atom. The molecule has 0 saturated heterocycles. The zero-order valence-corrected chi connectivity index (χ0v) is 11.4. The van der Waals surface area contributed by atoms with E-state index in [2.05, 4.69) is 19.9 Å². The first-order valence-electron chi connectivity index (χ1n) is 6.01. The Balaban J connectivity index is 2.19. The van der Waals surface area contributed by atoms with E-state index in [0.717, 1.165) is 0 Å². The first-order chi connectivity index (χ1) is 10.2. The molecule has 0 atom stereocenters. The molecular formula is C14H9ClN4O2. The number of aromatic amines is 1. The van der Waals surface area contributed by atoms with Gasteiger partial charge >= 0.3 is 0 Å². The SMILES string of the molecule is O=c1[nH]c(-c2cnccn2)nc(O)c1-c1ccccc1Cl. The number of rotatable bonds is 2. The number of benzene rings is 1.